The van der Waals surface area contributed by atoms with Gasteiger partial charge in [0.25, 0.3) is 0 Å². The highest BCUT2D eigenvalue weighted by molar-refractivity contribution is 14.0. The zero-order valence-electron chi connectivity index (χ0n) is 12.5. The highest BCUT2D eigenvalue weighted by atomic mass is 127. The summed E-state index contributed by atoms with van der Waals surface area (Å²) in [7, 11) is 0. The van der Waals surface area contributed by atoms with Gasteiger partial charge in [0, 0.05) is 26.2 Å². The van der Waals surface area contributed by atoms with Crippen molar-refractivity contribution >= 4 is 41.9 Å². The quantitative estimate of drug-likeness (QED) is 0.168. The molecule has 1 aliphatic heterocycles. The van der Waals surface area contributed by atoms with Crippen molar-refractivity contribution in [2.75, 3.05) is 45.9 Å². The molecule has 1 saturated heterocycles. The molecule has 0 aromatic carbocycles. The van der Waals surface area contributed by atoms with Crippen molar-refractivity contribution in [3.05, 3.63) is 0 Å². The lowest BCUT2D eigenvalue weighted by Gasteiger charge is -2.15. The number of urea groups is 1. The molecule has 1 rings (SSSR count). The molecule has 3 amide bonds. The van der Waals surface area contributed by atoms with E-state index in [0.29, 0.717) is 38.8 Å². The van der Waals surface area contributed by atoms with Crippen LogP contribution in [0.3, 0.4) is 0 Å². The molecule has 0 bridgehead atoms. The van der Waals surface area contributed by atoms with E-state index in [0.717, 1.165) is 6.54 Å². The van der Waals surface area contributed by atoms with Crippen LogP contribution in [0.15, 0.2) is 4.99 Å². The molecule has 21 heavy (non-hydrogen) atoms. The summed E-state index contributed by atoms with van der Waals surface area (Å²) in [5, 5.41) is 8.64. The maximum atomic E-state index is 11.4. The normalized spacial score (nSPS) is 14.8. The summed E-state index contributed by atoms with van der Waals surface area (Å²) < 4.78 is 5.21. The number of hydrogen-bond donors (Lipinski definition) is 3. The highest BCUT2D eigenvalue weighted by Crippen LogP contribution is 1.96. The second-order valence-electron chi connectivity index (χ2n) is 4.09. The van der Waals surface area contributed by atoms with Gasteiger partial charge in [-0.15, -0.1) is 24.0 Å². The number of ether oxygens (including phenoxy) is 1. The summed E-state index contributed by atoms with van der Waals surface area (Å²) >= 11 is 0. The van der Waals surface area contributed by atoms with E-state index < -0.39 is 0 Å². The summed E-state index contributed by atoms with van der Waals surface area (Å²) in [6.45, 7) is 7.31. The number of rotatable bonds is 8. The minimum absolute atomic E-state index is 0. The van der Waals surface area contributed by atoms with Gasteiger partial charge in [0.1, 0.15) is 0 Å². The Labute approximate surface area is 142 Å². The number of guanidine groups is 1. The van der Waals surface area contributed by atoms with Gasteiger partial charge < -0.3 is 20.7 Å². The van der Waals surface area contributed by atoms with Crippen LogP contribution in [0.1, 0.15) is 13.8 Å². The Bertz CT molecular complexity index is 349. The number of carbonyl (C=O) groups excluding carboxylic acids is 2. The van der Waals surface area contributed by atoms with Crippen LogP contribution in [-0.2, 0) is 9.53 Å². The standard InChI is InChI=1S/C12H23N5O3.HI/c1-3-13-11(15-6-8-20-4-2)14-5-7-17-10(18)9-16-12(17)19;/h3-9H2,1-2H3,(H,16,19)(H2,13,14,15);1H. The summed E-state index contributed by atoms with van der Waals surface area (Å²) in [6.07, 6.45) is 0. The molecule has 0 aliphatic carbocycles. The lowest BCUT2D eigenvalue weighted by Crippen LogP contribution is -2.43. The molecule has 0 radical (unpaired) electrons. The molecule has 3 N–H and O–H groups in total. The largest absolute Gasteiger partial charge is 0.380 e. The molecule has 0 aromatic heterocycles. The number of halogens is 1. The number of imide groups is 1. The van der Waals surface area contributed by atoms with E-state index in [4.69, 9.17) is 4.74 Å². The topological polar surface area (TPSA) is 95.1 Å². The molecule has 1 fully saturated rings. The van der Waals surface area contributed by atoms with Crippen molar-refractivity contribution in [1.29, 1.82) is 0 Å². The van der Waals surface area contributed by atoms with Crippen LogP contribution in [-0.4, -0.2) is 68.7 Å². The van der Waals surface area contributed by atoms with Crippen LogP contribution >= 0.6 is 24.0 Å². The Morgan fingerprint density at radius 2 is 2.14 bits per heavy atom. The van der Waals surface area contributed by atoms with E-state index in [9.17, 15) is 9.59 Å². The number of nitrogens with zero attached hydrogens (tertiary/aromatic N) is 2. The van der Waals surface area contributed by atoms with E-state index in [1.807, 2.05) is 13.8 Å². The smallest absolute Gasteiger partial charge is 0.324 e. The van der Waals surface area contributed by atoms with Gasteiger partial charge in [0.2, 0.25) is 5.91 Å². The second kappa shape index (κ2) is 11.5. The van der Waals surface area contributed by atoms with Crippen molar-refractivity contribution in [2.45, 2.75) is 13.8 Å². The fourth-order valence-corrected chi connectivity index (χ4v) is 1.68. The Kier molecular flexibility index (Phi) is 10.9. The van der Waals surface area contributed by atoms with Gasteiger partial charge in [-0.25, -0.2) is 4.79 Å². The molecule has 0 spiro atoms. The van der Waals surface area contributed by atoms with Crippen LogP contribution in [0.5, 0.6) is 0 Å². The van der Waals surface area contributed by atoms with Gasteiger partial charge >= 0.3 is 6.03 Å². The fraction of sp³-hybridized carbons (Fsp3) is 0.750. The summed E-state index contributed by atoms with van der Waals surface area (Å²) in [5.74, 6) is 0.453. The van der Waals surface area contributed by atoms with Gasteiger partial charge in [-0.2, -0.15) is 0 Å². The molecule has 1 aliphatic rings. The van der Waals surface area contributed by atoms with E-state index in [1.54, 1.807) is 0 Å². The minimum atomic E-state index is -0.338. The molecule has 0 saturated carbocycles. The summed E-state index contributed by atoms with van der Waals surface area (Å²) in [5.41, 5.74) is 0. The van der Waals surface area contributed by atoms with E-state index in [1.165, 1.54) is 4.90 Å². The van der Waals surface area contributed by atoms with Crippen LogP contribution in [0.2, 0.25) is 0 Å². The first-order valence-electron chi connectivity index (χ1n) is 6.87. The third-order valence-corrected chi connectivity index (χ3v) is 2.62. The van der Waals surface area contributed by atoms with Crippen molar-refractivity contribution in [2.24, 2.45) is 4.99 Å². The average Bonchev–Trinajstić information content (AvgIpc) is 2.75. The zero-order chi connectivity index (χ0) is 14.8. The maximum Gasteiger partial charge on any atom is 0.324 e. The Morgan fingerprint density at radius 1 is 1.38 bits per heavy atom. The number of amides is 3. The first-order valence-corrected chi connectivity index (χ1v) is 6.87. The first-order chi connectivity index (χ1) is 9.69. The first kappa shape index (κ1) is 19.9. The second-order valence-corrected chi connectivity index (χ2v) is 4.09. The highest BCUT2D eigenvalue weighted by Gasteiger charge is 2.27. The molecule has 8 nitrogen and oxygen atoms in total. The van der Waals surface area contributed by atoms with Gasteiger partial charge in [0.15, 0.2) is 5.96 Å². The lowest BCUT2D eigenvalue weighted by molar-refractivity contribution is -0.124. The molecule has 9 heteroatoms. The van der Waals surface area contributed by atoms with Gasteiger partial charge in [-0.1, -0.05) is 0 Å². The van der Waals surface area contributed by atoms with Gasteiger partial charge in [-0.05, 0) is 13.8 Å². The Hall–Kier alpha value is -1.10. The van der Waals surface area contributed by atoms with Crippen molar-refractivity contribution in [3.8, 4) is 0 Å². The molecular weight excluding hydrogens is 389 g/mol. The van der Waals surface area contributed by atoms with Crippen molar-refractivity contribution in [1.82, 2.24) is 20.9 Å². The monoisotopic (exact) mass is 413 g/mol. The molecule has 122 valence electrons. The number of aliphatic imine (C=N–C) groups is 1. The SMILES string of the molecule is CCNC(=NCCOCC)NCCN1C(=O)CNC1=O.I. The third-order valence-electron chi connectivity index (χ3n) is 2.62. The number of nitrogens with one attached hydrogen (secondary N) is 3. The van der Waals surface area contributed by atoms with Crippen LogP contribution in [0.25, 0.3) is 0 Å². The average molecular weight is 413 g/mol. The predicted molar refractivity (Wildman–Crippen MR) is 91.0 cm³/mol. The number of hydrogen-bond acceptors (Lipinski definition) is 4. The third kappa shape index (κ3) is 7.46. The minimum Gasteiger partial charge on any atom is -0.380 e. The molecule has 0 unspecified atom stereocenters. The van der Waals surface area contributed by atoms with Crippen LogP contribution < -0.4 is 16.0 Å². The summed E-state index contributed by atoms with van der Waals surface area (Å²) in [6, 6.07) is -0.338. The molecule has 0 aromatic rings. The van der Waals surface area contributed by atoms with Crippen LogP contribution in [0, 0.1) is 0 Å². The van der Waals surface area contributed by atoms with Crippen LogP contribution in [0.4, 0.5) is 4.79 Å². The van der Waals surface area contributed by atoms with E-state index >= 15 is 0 Å². The van der Waals surface area contributed by atoms with Crippen molar-refractivity contribution in [3.63, 3.8) is 0 Å². The maximum absolute atomic E-state index is 11.4. The van der Waals surface area contributed by atoms with Crippen molar-refractivity contribution < 1.29 is 14.3 Å². The Morgan fingerprint density at radius 3 is 2.71 bits per heavy atom. The zero-order valence-corrected chi connectivity index (χ0v) is 14.8. The predicted octanol–water partition coefficient (Wildman–Crippen LogP) is -0.252. The lowest BCUT2D eigenvalue weighted by atomic mass is 10.5. The Balaban J connectivity index is 0.00000400. The van der Waals surface area contributed by atoms with Gasteiger partial charge in [-0.3, -0.25) is 14.7 Å². The molecule has 1 heterocycles. The molecular formula is C12H24IN5O3. The van der Waals surface area contributed by atoms with Gasteiger partial charge in [0.05, 0.1) is 19.7 Å². The molecule has 0 atom stereocenters. The number of carbonyl (C=O) groups is 2. The van der Waals surface area contributed by atoms with E-state index in [2.05, 4.69) is 20.9 Å². The summed E-state index contributed by atoms with van der Waals surface area (Å²) in [4.78, 5) is 28.2. The van der Waals surface area contributed by atoms with E-state index in [-0.39, 0.29) is 42.5 Å². The fourth-order valence-electron chi connectivity index (χ4n) is 1.68.